The van der Waals surface area contributed by atoms with Crippen molar-refractivity contribution in [2.75, 3.05) is 5.32 Å². The number of carboxylic acid groups (broad SMARTS) is 2. The first-order chi connectivity index (χ1) is 8.41. The van der Waals surface area contributed by atoms with Crippen LogP contribution in [0.2, 0.25) is 0 Å². The van der Waals surface area contributed by atoms with E-state index >= 15 is 0 Å². The standard InChI is InChI=1S/C10H10N2O6/c13-9(14)5-7(10(15)16)11-6-3-1-2-4-8(6)12(17)18/h1-4,7,11H,5H2,(H,13,14)(H,15,16)/t7-/m1/s1. The van der Waals surface area contributed by atoms with Crippen LogP contribution in [-0.4, -0.2) is 33.1 Å². The average Bonchev–Trinajstić information content (AvgIpc) is 2.27. The number of nitro groups is 1. The maximum Gasteiger partial charge on any atom is 0.326 e. The van der Waals surface area contributed by atoms with Gasteiger partial charge in [-0.2, -0.15) is 0 Å². The second-order valence-corrected chi connectivity index (χ2v) is 3.41. The van der Waals surface area contributed by atoms with Gasteiger partial charge < -0.3 is 15.5 Å². The maximum atomic E-state index is 10.8. The van der Waals surface area contributed by atoms with Crippen molar-refractivity contribution in [2.45, 2.75) is 12.5 Å². The van der Waals surface area contributed by atoms with E-state index in [-0.39, 0.29) is 11.4 Å². The highest BCUT2D eigenvalue weighted by molar-refractivity contribution is 5.84. The van der Waals surface area contributed by atoms with Crippen molar-refractivity contribution >= 4 is 23.3 Å². The Kier molecular flexibility index (Phi) is 4.19. The van der Waals surface area contributed by atoms with Crippen molar-refractivity contribution in [1.82, 2.24) is 0 Å². The molecule has 0 heterocycles. The molecule has 8 nitrogen and oxygen atoms in total. The molecule has 0 bridgehead atoms. The summed E-state index contributed by atoms with van der Waals surface area (Å²) in [4.78, 5) is 31.3. The van der Waals surface area contributed by atoms with Gasteiger partial charge >= 0.3 is 11.9 Å². The summed E-state index contributed by atoms with van der Waals surface area (Å²) in [6.45, 7) is 0. The third kappa shape index (κ3) is 3.44. The molecule has 1 atom stereocenters. The van der Waals surface area contributed by atoms with Crippen molar-refractivity contribution in [2.24, 2.45) is 0 Å². The number of rotatable bonds is 6. The highest BCUT2D eigenvalue weighted by Crippen LogP contribution is 2.24. The van der Waals surface area contributed by atoms with Gasteiger partial charge in [-0.25, -0.2) is 4.79 Å². The van der Waals surface area contributed by atoms with Crippen LogP contribution in [0.4, 0.5) is 11.4 Å². The number of aliphatic carboxylic acids is 2. The second-order valence-electron chi connectivity index (χ2n) is 3.41. The third-order valence-corrected chi connectivity index (χ3v) is 2.11. The lowest BCUT2D eigenvalue weighted by Crippen LogP contribution is -2.31. The zero-order chi connectivity index (χ0) is 13.7. The fraction of sp³-hybridized carbons (Fsp3) is 0.200. The molecule has 3 N–H and O–H groups in total. The Hall–Kier alpha value is -2.64. The number of carboxylic acids is 2. The van der Waals surface area contributed by atoms with Crippen LogP contribution in [0.15, 0.2) is 24.3 Å². The van der Waals surface area contributed by atoms with E-state index in [0.717, 1.165) is 0 Å². The van der Waals surface area contributed by atoms with Gasteiger partial charge in [-0.1, -0.05) is 12.1 Å². The lowest BCUT2D eigenvalue weighted by atomic mass is 10.2. The van der Waals surface area contributed by atoms with Gasteiger partial charge in [0.1, 0.15) is 11.7 Å². The molecule has 0 saturated heterocycles. The van der Waals surface area contributed by atoms with E-state index in [1.165, 1.54) is 24.3 Å². The van der Waals surface area contributed by atoms with E-state index in [1.54, 1.807) is 0 Å². The summed E-state index contributed by atoms with van der Waals surface area (Å²) in [5.74, 6) is -2.70. The van der Waals surface area contributed by atoms with Gasteiger partial charge in [0.15, 0.2) is 0 Å². The molecule has 1 aromatic rings. The molecule has 0 spiro atoms. The number of hydrogen-bond donors (Lipinski definition) is 3. The van der Waals surface area contributed by atoms with E-state index in [9.17, 15) is 19.7 Å². The Bertz CT molecular complexity index is 487. The van der Waals surface area contributed by atoms with Gasteiger partial charge in [0.05, 0.1) is 11.3 Å². The van der Waals surface area contributed by atoms with Gasteiger partial charge in [-0.05, 0) is 6.07 Å². The Morgan fingerprint density at radius 2 is 1.94 bits per heavy atom. The molecule has 1 rings (SSSR count). The second kappa shape index (κ2) is 5.62. The van der Waals surface area contributed by atoms with Crippen molar-refractivity contribution in [3.63, 3.8) is 0 Å². The summed E-state index contributed by atoms with van der Waals surface area (Å²) in [6, 6.07) is 3.99. The zero-order valence-corrected chi connectivity index (χ0v) is 9.07. The summed E-state index contributed by atoms with van der Waals surface area (Å²) in [5, 5.41) is 30.4. The van der Waals surface area contributed by atoms with Crippen molar-refractivity contribution in [3.05, 3.63) is 34.4 Å². The minimum atomic E-state index is -1.43. The lowest BCUT2D eigenvalue weighted by Gasteiger charge is -2.13. The van der Waals surface area contributed by atoms with Crippen LogP contribution in [0.25, 0.3) is 0 Å². The lowest BCUT2D eigenvalue weighted by molar-refractivity contribution is -0.384. The topological polar surface area (TPSA) is 130 Å². The fourth-order valence-electron chi connectivity index (χ4n) is 1.32. The molecular formula is C10H10N2O6. The van der Waals surface area contributed by atoms with Gasteiger partial charge in [0.2, 0.25) is 0 Å². The smallest absolute Gasteiger partial charge is 0.326 e. The Balaban J connectivity index is 2.97. The number of hydrogen-bond acceptors (Lipinski definition) is 5. The molecule has 0 unspecified atom stereocenters. The molecular weight excluding hydrogens is 244 g/mol. The molecule has 0 aliphatic carbocycles. The molecule has 0 aromatic heterocycles. The van der Waals surface area contributed by atoms with Gasteiger partial charge in [0, 0.05) is 6.07 Å². The number of carbonyl (C=O) groups is 2. The summed E-state index contributed by atoms with van der Waals surface area (Å²) < 4.78 is 0. The number of nitrogens with one attached hydrogen (secondary N) is 1. The van der Waals surface area contributed by atoms with Gasteiger partial charge in [-0.15, -0.1) is 0 Å². The molecule has 0 aliphatic heterocycles. The number of nitrogens with zero attached hydrogens (tertiary/aromatic N) is 1. The quantitative estimate of drug-likeness (QED) is 0.508. The van der Waals surface area contributed by atoms with E-state index in [2.05, 4.69) is 5.32 Å². The molecule has 0 amide bonds. The number of anilines is 1. The highest BCUT2D eigenvalue weighted by Gasteiger charge is 2.23. The van der Waals surface area contributed by atoms with E-state index in [1.807, 2.05) is 0 Å². The zero-order valence-electron chi connectivity index (χ0n) is 9.07. The first-order valence-electron chi connectivity index (χ1n) is 4.86. The fourth-order valence-corrected chi connectivity index (χ4v) is 1.32. The van der Waals surface area contributed by atoms with Crippen molar-refractivity contribution < 1.29 is 24.7 Å². The first-order valence-corrected chi connectivity index (χ1v) is 4.86. The molecule has 96 valence electrons. The first kappa shape index (κ1) is 13.4. The molecule has 0 saturated carbocycles. The number of benzene rings is 1. The van der Waals surface area contributed by atoms with Gasteiger partial charge in [0.25, 0.3) is 5.69 Å². The SMILES string of the molecule is O=C(O)C[C@@H](Nc1ccccc1[N+](=O)[O-])C(=O)O. The molecule has 0 aliphatic rings. The Morgan fingerprint density at radius 1 is 1.33 bits per heavy atom. The van der Waals surface area contributed by atoms with E-state index in [4.69, 9.17) is 10.2 Å². The Morgan fingerprint density at radius 3 is 2.44 bits per heavy atom. The summed E-state index contributed by atoms with van der Waals surface area (Å²) in [6.07, 6.45) is -0.679. The molecule has 0 radical (unpaired) electrons. The Labute approximate surface area is 101 Å². The largest absolute Gasteiger partial charge is 0.481 e. The van der Waals surface area contributed by atoms with Gasteiger partial charge in [-0.3, -0.25) is 14.9 Å². The van der Waals surface area contributed by atoms with Crippen LogP contribution in [0, 0.1) is 10.1 Å². The van der Waals surface area contributed by atoms with E-state index < -0.39 is 29.3 Å². The van der Waals surface area contributed by atoms with Crippen LogP contribution >= 0.6 is 0 Å². The molecule has 18 heavy (non-hydrogen) atoms. The summed E-state index contributed by atoms with van der Waals surface area (Å²) >= 11 is 0. The monoisotopic (exact) mass is 254 g/mol. The average molecular weight is 254 g/mol. The van der Waals surface area contributed by atoms with Crippen LogP contribution < -0.4 is 5.32 Å². The maximum absolute atomic E-state index is 10.8. The van der Waals surface area contributed by atoms with Crippen LogP contribution in [-0.2, 0) is 9.59 Å². The van der Waals surface area contributed by atoms with Crippen molar-refractivity contribution in [3.8, 4) is 0 Å². The highest BCUT2D eigenvalue weighted by atomic mass is 16.6. The molecule has 8 heteroatoms. The van der Waals surface area contributed by atoms with Crippen LogP contribution in [0.1, 0.15) is 6.42 Å². The predicted octanol–water partition coefficient (Wildman–Crippen LogP) is 0.935. The van der Waals surface area contributed by atoms with Crippen molar-refractivity contribution in [1.29, 1.82) is 0 Å². The number of para-hydroxylation sites is 2. The molecule has 1 aromatic carbocycles. The normalized spacial score (nSPS) is 11.6. The third-order valence-electron chi connectivity index (χ3n) is 2.11. The molecule has 0 fully saturated rings. The predicted molar refractivity (Wildman–Crippen MR) is 60.4 cm³/mol. The number of nitro benzene ring substituents is 1. The minimum absolute atomic E-state index is 0.0313. The minimum Gasteiger partial charge on any atom is -0.481 e. The summed E-state index contributed by atoms with van der Waals surface area (Å²) in [7, 11) is 0. The van der Waals surface area contributed by atoms with Crippen LogP contribution in [0.3, 0.4) is 0 Å². The van der Waals surface area contributed by atoms with E-state index in [0.29, 0.717) is 0 Å². The van der Waals surface area contributed by atoms with Crippen LogP contribution in [0.5, 0.6) is 0 Å². The summed E-state index contributed by atoms with van der Waals surface area (Å²) in [5.41, 5.74) is -0.342.